The minimum atomic E-state index is -0.588. The lowest BCUT2D eigenvalue weighted by Gasteiger charge is -2.17. The molecule has 0 saturated heterocycles. The van der Waals surface area contributed by atoms with Gasteiger partial charge in [0.15, 0.2) is 0 Å². The fourth-order valence-electron chi connectivity index (χ4n) is 2.14. The monoisotopic (exact) mass is 302 g/mol. The summed E-state index contributed by atoms with van der Waals surface area (Å²) in [5, 5.41) is 17.2. The van der Waals surface area contributed by atoms with Gasteiger partial charge in [0, 0.05) is 0 Å². The van der Waals surface area contributed by atoms with E-state index in [0.29, 0.717) is 0 Å². The molecule has 2 rings (SSSR count). The number of hydrogen-bond acceptors (Lipinski definition) is 4. The van der Waals surface area contributed by atoms with Gasteiger partial charge in [-0.2, -0.15) is 4.68 Å². The Hall–Kier alpha value is -2.70. The molecule has 0 spiro atoms. The molecule has 1 aromatic carbocycles. The summed E-state index contributed by atoms with van der Waals surface area (Å²) in [7, 11) is 0. The predicted molar refractivity (Wildman–Crippen MR) is 81.2 cm³/mol. The van der Waals surface area contributed by atoms with Crippen LogP contribution in [-0.2, 0) is 11.3 Å². The third-order valence-corrected chi connectivity index (χ3v) is 3.34. The van der Waals surface area contributed by atoms with E-state index in [1.54, 1.807) is 0 Å². The maximum absolute atomic E-state index is 12.1. The first-order valence-corrected chi connectivity index (χ1v) is 7.03. The highest BCUT2D eigenvalue weighted by atomic mass is 16.6. The zero-order valence-electron chi connectivity index (χ0n) is 12.5. The number of aryl methyl sites for hydroxylation is 1. The highest BCUT2D eigenvalue weighted by Gasteiger charge is 2.16. The van der Waals surface area contributed by atoms with Crippen LogP contribution in [0.15, 0.2) is 36.5 Å². The van der Waals surface area contributed by atoms with E-state index in [-0.39, 0.29) is 24.3 Å². The summed E-state index contributed by atoms with van der Waals surface area (Å²) < 4.78 is 1.26. The Kier molecular flexibility index (Phi) is 4.88. The number of nitro groups is 1. The molecule has 0 saturated carbocycles. The van der Waals surface area contributed by atoms with E-state index >= 15 is 0 Å². The molecule has 7 heteroatoms. The van der Waals surface area contributed by atoms with Crippen LogP contribution >= 0.6 is 0 Å². The van der Waals surface area contributed by atoms with Crippen molar-refractivity contribution < 1.29 is 9.72 Å². The number of carbonyl (C=O) groups excluding carboxylic acids is 1. The first kappa shape index (κ1) is 15.7. The Morgan fingerprint density at radius 2 is 2.05 bits per heavy atom. The molecule has 1 amide bonds. The zero-order chi connectivity index (χ0) is 16.1. The van der Waals surface area contributed by atoms with Crippen LogP contribution in [0.3, 0.4) is 0 Å². The van der Waals surface area contributed by atoms with Gasteiger partial charge in [0.25, 0.3) is 0 Å². The molecular weight excluding hydrogens is 284 g/mol. The van der Waals surface area contributed by atoms with Crippen molar-refractivity contribution >= 4 is 11.7 Å². The third kappa shape index (κ3) is 3.91. The molecule has 2 aromatic rings. The van der Waals surface area contributed by atoms with Crippen molar-refractivity contribution in [1.29, 1.82) is 0 Å². The third-order valence-electron chi connectivity index (χ3n) is 3.34. The van der Waals surface area contributed by atoms with Crippen LogP contribution < -0.4 is 5.32 Å². The quantitative estimate of drug-likeness (QED) is 0.655. The van der Waals surface area contributed by atoms with Crippen molar-refractivity contribution in [3.63, 3.8) is 0 Å². The molecule has 1 N–H and O–H groups in total. The summed E-state index contributed by atoms with van der Waals surface area (Å²) in [5.74, 6) is -0.496. The summed E-state index contributed by atoms with van der Waals surface area (Å²) in [6.07, 6.45) is 2.18. The number of nitrogens with one attached hydrogen (secondary N) is 1. The molecule has 1 heterocycles. The van der Waals surface area contributed by atoms with Crippen LogP contribution in [0.25, 0.3) is 0 Å². The Labute approximate surface area is 128 Å². The maximum Gasteiger partial charge on any atom is 0.389 e. The van der Waals surface area contributed by atoms with Crippen molar-refractivity contribution in [1.82, 2.24) is 15.1 Å². The van der Waals surface area contributed by atoms with Crippen LogP contribution in [0.4, 0.5) is 5.82 Å². The average Bonchev–Trinajstić information content (AvgIpc) is 2.94. The molecule has 0 fully saturated rings. The van der Waals surface area contributed by atoms with E-state index in [2.05, 4.69) is 10.4 Å². The largest absolute Gasteiger partial charge is 0.389 e. The Morgan fingerprint density at radius 1 is 1.36 bits per heavy atom. The fourth-order valence-corrected chi connectivity index (χ4v) is 2.14. The molecule has 0 aliphatic carbocycles. The zero-order valence-corrected chi connectivity index (χ0v) is 12.5. The Morgan fingerprint density at radius 3 is 2.59 bits per heavy atom. The van der Waals surface area contributed by atoms with Crippen molar-refractivity contribution in [3.05, 3.63) is 57.8 Å². The molecule has 1 aromatic heterocycles. The average molecular weight is 302 g/mol. The number of carbonyl (C=O) groups is 1. The van der Waals surface area contributed by atoms with Crippen LogP contribution in [0.1, 0.15) is 30.5 Å². The molecular formula is C15H18N4O3. The van der Waals surface area contributed by atoms with Gasteiger partial charge in [-0.25, -0.2) is 0 Å². The van der Waals surface area contributed by atoms with Crippen LogP contribution in [0, 0.1) is 17.0 Å². The van der Waals surface area contributed by atoms with Crippen LogP contribution in [0.2, 0.25) is 0 Å². The van der Waals surface area contributed by atoms with Crippen molar-refractivity contribution in [3.8, 4) is 0 Å². The van der Waals surface area contributed by atoms with Gasteiger partial charge in [-0.3, -0.25) is 4.79 Å². The molecule has 7 nitrogen and oxygen atoms in total. The highest BCUT2D eigenvalue weighted by Crippen LogP contribution is 2.17. The van der Waals surface area contributed by atoms with Crippen LogP contribution in [0.5, 0.6) is 0 Å². The topological polar surface area (TPSA) is 90.1 Å². The second-order valence-corrected chi connectivity index (χ2v) is 5.07. The van der Waals surface area contributed by atoms with Crippen LogP contribution in [-0.4, -0.2) is 20.6 Å². The molecule has 0 aliphatic heterocycles. The number of amides is 1. The van der Waals surface area contributed by atoms with Gasteiger partial charge in [-0.15, -0.1) is 0 Å². The van der Waals surface area contributed by atoms with Gasteiger partial charge in [-0.05, 0) is 23.8 Å². The molecule has 0 bridgehead atoms. The van der Waals surface area contributed by atoms with E-state index in [1.165, 1.54) is 16.9 Å². The molecule has 116 valence electrons. The van der Waals surface area contributed by atoms with Gasteiger partial charge >= 0.3 is 5.82 Å². The number of benzene rings is 1. The lowest BCUT2D eigenvalue weighted by molar-refractivity contribution is -0.389. The Bertz CT molecular complexity index is 664. The number of aromatic nitrogens is 2. The first-order chi connectivity index (χ1) is 10.5. The Balaban J connectivity index is 1.99. The first-order valence-electron chi connectivity index (χ1n) is 7.03. The van der Waals surface area contributed by atoms with Crippen molar-refractivity contribution in [2.45, 2.75) is 32.9 Å². The minimum Gasteiger partial charge on any atom is -0.358 e. The second kappa shape index (κ2) is 6.84. The van der Waals surface area contributed by atoms with Crippen molar-refractivity contribution in [2.24, 2.45) is 0 Å². The summed E-state index contributed by atoms with van der Waals surface area (Å²) >= 11 is 0. The van der Waals surface area contributed by atoms with E-state index in [4.69, 9.17) is 0 Å². The lowest BCUT2D eigenvalue weighted by Crippen LogP contribution is -2.31. The summed E-state index contributed by atoms with van der Waals surface area (Å²) in [4.78, 5) is 22.0. The lowest BCUT2D eigenvalue weighted by atomic mass is 10.0. The smallest absolute Gasteiger partial charge is 0.358 e. The van der Waals surface area contributed by atoms with Crippen molar-refractivity contribution in [2.75, 3.05) is 0 Å². The molecule has 22 heavy (non-hydrogen) atoms. The molecule has 0 radical (unpaired) electrons. The van der Waals surface area contributed by atoms with Gasteiger partial charge in [-0.1, -0.05) is 36.8 Å². The van der Waals surface area contributed by atoms with Gasteiger partial charge in [0.05, 0.1) is 23.4 Å². The molecule has 1 atom stereocenters. The van der Waals surface area contributed by atoms with E-state index in [0.717, 1.165) is 17.5 Å². The second-order valence-electron chi connectivity index (χ2n) is 5.07. The maximum atomic E-state index is 12.1. The molecule has 1 unspecified atom stereocenters. The number of rotatable bonds is 6. The van der Waals surface area contributed by atoms with E-state index in [9.17, 15) is 14.9 Å². The van der Waals surface area contributed by atoms with Gasteiger partial charge in [0.1, 0.15) is 6.54 Å². The van der Waals surface area contributed by atoms with Gasteiger partial charge < -0.3 is 15.4 Å². The normalized spacial score (nSPS) is 11.9. The van der Waals surface area contributed by atoms with E-state index in [1.807, 2.05) is 38.1 Å². The fraction of sp³-hybridized carbons (Fsp3) is 0.333. The SMILES string of the molecule is CCC(NC(=O)Cn1ccc([N+](=O)[O-])n1)c1ccc(C)cc1. The number of hydrogen-bond donors (Lipinski definition) is 1. The summed E-state index contributed by atoms with van der Waals surface area (Å²) in [6.45, 7) is 3.95. The van der Waals surface area contributed by atoms with Gasteiger partial charge in [0.2, 0.25) is 5.91 Å². The summed E-state index contributed by atoms with van der Waals surface area (Å²) in [5.41, 5.74) is 2.20. The van der Waals surface area contributed by atoms with E-state index < -0.39 is 4.92 Å². The summed E-state index contributed by atoms with van der Waals surface area (Å²) in [6, 6.07) is 9.16. The highest BCUT2D eigenvalue weighted by molar-refractivity contribution is 5.76. The predicted octanol–water partition coefficient (Wildman–Crippen LogP) is 2.37. The minimum absolute atomic E-state index is 0.0454. The number of nitrogens with zero attached hydrogens (tertiary/aromatic N) is 3. The standard InChI is InChI=1S/C15H18N4O3/c1-3-13(12-6-4-11(2)5-7-12)16-15(20)10-18-9-8-14(17-18)19(21)22/h4-9,13H,3,10H2,1-2H3,(H,16,20). The molecule has 0 aliphatic rings.